The van der Waals surface area contributed by atoms with Crippen molar-refractivity contribution in [1.82, 2.24) is 4.90 Å². The molecule has 0 saturated carbocycles. The number of hydrogen-bond acceptors (Lipinski definition) is 1. The second-order valence-corrected chi connectivity index (χ2v) is 9.56. The van der Waals surface area contributed by atoms with Gasteiger partial charge in [0.2, 0.25) is 0 Å². The lowest BCUT2D eigenvalue weighted by Crippen LogP contribution is -2.39. The fourth-order valence-electron chi connectivity index (χ4n) is 3.98. The number of hydrogen-bond donors (Lipinski definition) is 0. The number of benzene rings is 3. The van der Waals surface area contributed by atoms with Gasteiger partial charge in [0.25, 0.3) is 0 Å². The Morgan fingerprint density at radius 2 is 1.27 bits per heavy atom. The first-order valence-corrected chi connectivity index (χ1v) is 11.0. The Morgan fingerprint density at radius 3 is 1.85 bits per heavy atom. The number of piperidine rings is 1. The Kier molecular flexibility index (Phi) is 5.79. The Balaban J connectivity index is 1.57. The third-order valence-electron chi connectivity index (χ3n) is 5.16. The van der Waals surface area contributed by atoms with Gasteiger partial charge < -0.3 is 0 Å². The van der Waals surface area contributed by atoms with Crippen molar-refractivity contribution in [1.29, 1.82) is 0 Å². The van der Waals surface area contributed by atoms with Crippen molar-refractivity contribution in [3.05, 3.63) is 96.6 Å². The van der Waals surface area contributed by atoms with E-state index in [2.05, 4.69) is 95.9 Å². The van der Waals surface area contributed by atoms with Crippen LogP contribution in [-0.4, -0.2) is 23.6 Å². The van der Waals surface area contributed by atoms with E-state index in [9.17, 15) is 0 Å². The van der Waals surface area contributed by atoms with E-state index in [4.69, 9.17) is 0 Å². The average molecular weight is 359 g/mol. The summed E-state index contributed by atoms with van der Waals surface area (Å²) in [4.78, 5) is 2.66. The molecule has 1 nitrogen and oxygen atoms in total. The van der Waals surface area contributed by atoms with Crippen molar-refractivity contribution in [3.63, 3.8) is 0 Å². The van der Waals surface area contributed by atoms with Gasteiger partial charge in [-0.3, -0.25) is 4.90 Å². The number of nitrogens with zero attached hydrogens (tertiary/aromatic N) is 1. The van der Waals surface area contributed by atoms with Crippen LogP contribution >= 0.6 is 7.92 Å². The van der Waals surface area contributed by atoms with Gasteiger partial charge in [0, 0.05) is 13.1 Å². The fourth-order valence-corrected chi connectivity index (χ4v) is 6.94. The van der Waals surface area contributed by atoms with E-state index in [1.54, 1.807) is 0 Å². The highest BCUT2D eigenvalue weighted by Crippen LogP contribution is 2.43. The van der Waals surface area contributed by atoms with Gasteiger partial charge in [-0.2, -0.15) is 0 Å². The largest absolute Gasteiger partial charge is 0.298 e. The van der Waals surface area contributed by atoms with E-state index in [1.807, 2.05) is 0 Å². The van der Waals surface area contributed by atoms with Crippen molar-refractivity contribution in [3.8, 4) is 0 Å². The van der Waals surface area contributed by atoms with Crippen LogP contribution in [0.25, 0.3) is 0 Å². The second-order valence-electron chi connectivity index (χ2n) is 7.06. The summed E-state index contributed by atoms with van der Waals surface area (Å²) in [7, 11) is -0.312. The van der Waals surface area contributed by atoms with E-state index in [1.165, 1.54) is 42.1 Å². The quantitative estimate of drug-likeness (QED) is 0.593. The highest BCUT2D eigenvalue weighted by Gasteiger charge is 2.29. The summed E-state index contributed by atoms with van der Waals surface area (Å²) < 4.78 is 0. The van der Waals surface area contributed by atoms with Crippen molar-refractivity contribution < 1.29 is 0 Å². The van der Waals surface area contributed by atoms with Crippen LogP contribution in [0.4, 0.5) is 0 Å². The maximum absolute atomic E-state index is 2.66. The summed E-state index contributed by atoms with van der Waals surface area (Å²) in [6.45, 7) is 3.49. The molecule has 0 bridgehead atoms. The van der Waals surface area contributed by atoms with Crippen LogP contribution in [0.2, 0.25) is 0 Å². The third-order valence-corrected chi connectivity index (χ3v) is 8.02. The van der Waals surface area contributed by atoms with Crippen LogP contribution in [0.1, 0.15) is 18.4 Å². The van der Waals surface area contributed by atoms with Crippen molar-refractivity contribution >= 4 is 18.5 Å². The number of rotatable bonds is 5. The fraction of sp³-hybridized carbons (Fsp3) is 0.250. The van der Waals surface area contributed by atoms with Crippen molar-refractivity contribution in [2.75, 3.05) is 13.1 Å². The highest BCUT2D eigenvalue weighted by molar-refractivity contribution is 7.73. The van der Waals surface area contributed by atoms with Gasteiger partial charge in [0.1, 0.15) is 0 Å². The van der Waals surface area contributed by atoms with Gasteiger partial charge in [0.05, 0.1) is 0 Å². The molecule has 0 radical (unpaired) electrons. The van der Waals surface area contributed by atoms with E-state index < -0.39 is 0 Å². The van der Waals surface area contributed by atoms with Crippen LogP contribution in [0.15, 0.2) is 91.0 Å². The standard InChI is InChI=1S/C24H26NP/c1-4-11-21(12-5-1)19-25-18-10-17-24(20-25)26(22-13-6-2-7-14-22)23-15-8-3-9-16-23/h1-9,11-16,24H,10,17-20H2. The summed E-state index contributed by atoms with van der Waals surface area (Å²) in [6, 6.07) is 33.2. The zero-order valence-electron chi connectivity index (χ0n) is 15.2. The van der Waals surface area contributed by atoms with Crippen LogP contribution in [0.3, 0.4) is 0 Å². The predicted octanol–water partition coefficient (Wildman–Crippen LogP) is 4.78. The van der Waals surface area contributed by atoms with Crippen molar-refractivity contribution in [2.45, 2.75) is 25.0 Å². The highest BCUT2D eigenvalue weighted by atomic mass is 31.1. The van der Waals surface area contributed by atoms with Crippen LogP contribution < -0.4 is 10.6 Å². The Bertz CT molecular complexity index is 749. The molecule has 0 amide bonds. The third kappa shape index (κ3) is 4.23. The first-order chi connectivity index (χ1) is 12.9. The molecule has 1 aliphatic rings. The Labute approximate surface area is 158 Å². The summed E-state index contributed by atoms with van der Waals surface area (Å²) >= 11 is 0. The normalized spacial score (nSPS) is 18.1. The molecule has 1 heterocycles. The molecule has 1 aliphatic heterocycles. The molecule has 0 spiro atoms. The second kappa shape index (κ2) is 8.62. The molecule has 0 aliphatic carbocycles. The van der Waals surface area contributed by atoms with Crippen LogP contribution in [0.5, 0.6) is 0 Å². The molecular weight excluding hydrogens is 333 g/mol. The van der Waals surface area contributed by atoms with Gasteiger partial charge in [-0.1, -0.05) is 91.0 Å². The van der Waals surface area contributed by atoms with E-state index in [0.717, 1.165) is 12.2 Å². The average Bonchev–Trinajstić information content (AvgIpc) is 2.71. The van der Waals surface area contributed by atoms with Gasteiger partial charge >= 0.3 is 0 Å². The molecule has 4 rings (SSSR count). The molecule has 3 aromatic carbocycles. The molecule has 26 heavy (non-hydrogen) atoms. The first-order valence-electron chi connectivity index (χ1n) is 9.56. The smallest absolute Gasteiger partial charge is 0.0233 e. The van der Waals surface area contributed by atoms with Crippen LogP contribution in [0, 0.1) is 0 Å². The lowest BCUT2D eigenvalue weighted by Gasteiger charge is -2.37. The molecule has 0 N–H and O–H groups in total. The van der Waals surface area contributed by atoms with E-state index in [-0.39, 0.29) is 7.92 Å². The SMILES string of the molecule is c1ccc(CN2CCCC(P(c3ccccc3)c3ccccc3)C2)cc1. The van der Waals surface area contributed by atoms with Crippen molar-refractivity contribution in [2.24, 2.45) is 0 Å². The molecule has 1 atom stereocenters. The maximum atomic E-state index is 2.66. The molecular formula is C24H26NP. The minimum Gasteiger partial charge on any atom is -0.298 e. The van der Waals surface area contributed by atoms with E-state index >= 15 is 0 Å². The van der Waals surface area contributed by atoms with Gasteiger partial charge in [-0.25, -0.2) is 0 Å². The van der Waals surface area contributed by atoms with E-state index in [0.29, 0.717) is 0 Å². The van der Waals surface area contributed by atoms with Gasteiger partial charge in [-0.05, 0) is 49.1 Å². The monoisotopic (exact) mass is 359 g/mol. The minimum atomic E-state index is -0.312. The summed E-state index contributed by atoms with van der Waals surface area (Å²) in [5, 5.41) is 3.03. The Hall–Kier alpha value is -1.95. The number of likely N-dealkylation sites (tertiary alicyclic amines) is 1. The van der Waals surface area contributed by atoms with Crippen LogP contribution in [-0.2, 0) is 6.54 Å². The van der Waals surface area contributed by atoms with Gasteiger partial charge in [-0.15, -0.1) is 0 Å². The lowest BCUT2D eigenvalue weighted by molar-refractivity contribution is 0.225. The molecule has 3 aromatic rings. The molecule has 1 fully saturated rings. The Morgan fingerprint density at radius 1 is 0.731 bits per heavy atom. The molecule has 132 valence electrons. The molecule has 1 saturated heterocycles. The zero-order valence-corrected chi connectivity index (χ0v) is 16.1. The zero-order chi connectivity index (χ0) is 17.6. The minimum absolute atomic E-state index is 0.312. The first kappa shape index (κ1) is 17.5. The lowest BCUT2D eigenvalue weighted by atomic mass is 10.1. The topological polar surface area (TPSA) is 3.24 Å². The molecule has 0 aromatic heterocycles. The summed E-state index contributed by atoms with van der Waals surface area (Å²) in [5.74, 6) is 0. The predicted molar refractivity (Wildman–Crippen MR) is 114 cm³/mol. The molecule has 2 heteroatoms. The molecule has 1 unspecified atom stereocenters. The maximum Gasteiger partial charge on any atom is 0.0233 e. The van der Waals surface area contributed by atoms with Gasteiger partial charge in [0.15, 0.2) is 0 Å². The summed E-state index contributed by atoms with van der Waals surface area (Å²) in [6.07, 6.45) is 2.64. The summed E-state index contributed by atoms with van der Waals surface area (Å²) in [5.41, 5.74) is 2.16.